The molecule has 24 heavy (non-hydrogen) atoms. The minimum absolute atomic E-state index is 0.0812. The lowest BCUT2D eigenvalue weighted by Gasteiger charge is -2.31. The molecule has 6 heteroatoms. The Kier molecular flexibility index (Phi) is 4.31. The number of anilines is 1. The predicted octanol–water partition coefficient (Wildman–Crippen LogP) is 3.19. The largest absolute Gasteiger partial charge is 0.492 e. The Morgan fingerprint density at radius 3 is 3.08 bits per heavy atom. The summed E-state index contributed by atoms with van der Waals surface area (Å²) in [5.74, 6) is 1.15. The topological polar surface area (TPSA) is 54.5 Å². The van der Waals surface area contributed by atoms with E-state index < -0.39 is 0 Å². The molecular formula is C18H23N3O2S. The van der Waals surface area contributed by atoms with Gasteiger partial charge in [-0.15, -0.1) is 0 Å². The first-order valence-corrected chi connectivity index (χ1v) is 9.64. The maximum Gasteiger partial charge on any atom is 0.225 e. The highest BCUT2D eigenvalue weighted by Crippen LogP contribution is 2.35. The summed E-state index contributed by atoms with van der Waals surface area (Å²) in [6.45, 7) is 4.36. The number of carbonyl (C=O) groups is 1. The molecule has 2 aliphatic rings. The third-order valence-corrected chi connectivity index (χ3v) is 5.74. The fourth-order valence-electron chi connectivity index (χ4n) is 3.23. The van der Waals surface area contributed by atoms with Crippen LogP contribution in [0, 0.1) is 5.92 Å². The second-order valence-corrected chi connectivity index (χ2v) is 7.61. The normalized spacial score (nSPS) is 21.0. The molecule has 1 amide bonds. The van der Waals surface area contributed by atoms with Gasteiger partial charge in [0.2, 0.25) is 5.91 Å². The highest BCUT2D eigenvalue weighted by Gasteiger charge is 2.31. The third kappa shape index (κ3) is 3.20. The molecule has 1 aromatic heterocycles. The van der Waals surface area contributed by atoms with Crippen molar-refractivity contribution in [2.75, 3.05) is 24.6 Å². The van der Waals surface area contributed by atoms with Gasteiger partial charge in [0.25, 0.3) is 0 Å². The Hall–Kier alpha value is -1.82. The second-order valence-electron chi connectivity index (χ2n) is 6.60. The summed E-state index contributed by atoms with van der Waals surface area (Å²) in [7, 11) is 0. The number of hydrogen-bond donors (Lipinski definition) is 1. The van der Waals surface area contributed by atoms with Crippen molar-refractivity contribution in [2.45, 2.75) is 38.6 Å². The summed E-state index contributed by atoms with van der Waals surface area (Å²) >= 11 is 1.69. The number of rotatable bonds is 5. The van der Waals surface area contributed by atoms with Gasteiger partial charge >= 0.3 is 0 Å². The fraction of sp³-hybridized carbons (Fsp3) is 0.556. The van der Waals surface area contributed by atoms with Crippen LogP contribution >= 0.6 is 11.3 Å². The molecule has 0 spiro atoms. The zero-order valence-electron chi connectivity index (χ0n) is 14.0. The number of fused-ring (bicyclic) bond motifs is 1. The molecule has 1 atom stereocenters. The van der Waals surface area contributed by atoms with E-state index in [1.54, 1.807) is 11.3 Å². The Morgan fingerprint density at radius 1 is 1.42 bits per heavy atom. The van der Waals surface area contributed by atoms with E-state index in [1.807, 2.05) is 19.1 Å². The van der Waals surface area contributed by atoms with Gasteiger partial charge in [-0.25, -0.2) is 4.98 Å². The molecule has 1 saturated carbocycles. The summed E-state index contributed by atoms with van der Waals surface area (Å²) in [5, 5.41) is 4.15. The summed E-state index contributed by atoms with van der Waals surface area (Å²) < 4.78 is 6.83. The number of benzene rings is 1. The molecular weight excluding hydrogens is 322 g/mol. The maximum absolute atomic E-state index is 12.4. The quantitative estimate of drug-likeness (QED) is 0.904. The zero-order chi connectivity index (χ0) is 16.5. The number of piperidine rings is 1. The van der Waals surface area contributed by atoms with Crippen LogP contribution in [0.15, 0.2) is 18.2 Å². The number of hydrogen-bond acceptors (Lipinski definition) is 5. The molecule has 4 rings (SSSR count). The average molecular weight is 345 g/mol. The van der Waals surface area contributed by atoms with E-state index in [4.69, 9.17) is 9.72 Å². The van der Waals surface area contributed by atoms with Gasteiger partial charge in [-0.1, -0.05) is 17.4 Å². The van der Waals surface area contributed by atoms with Crippen LogP contribution < -0.4 is 15.0 Å². The minimum atomic E-state index is 0.0812. The van der Waals surface area contributed by atoms with Crippen molar-refractivity contribution >= 4 is 32.6 Å². The second kappa shape index (κ2) is 6.59. The number of thiazole rings is 1. The van der Waals surface area contributed by atoms with Crippen molar-refractivity contribution < 1.29 is 9.53 Å². The average Bonchev–Trinajstić information content (AvgIpc) is 3.30. The van der Waals surface area contributed by atoms with E-state index in [9.17, 15) is 4.79 Å². The molecule has 128 valence electrons. The van der Waals surface area contributed by atoms with Crippen molar-refractivity contribution in [2.24, 2.45) is 5.92 Å². The molecule has 1 unspecified atom stereocenters. The van der Waals surface area contributed by atoms with Crippen LogP contribution in [0.5, 0.6) is 5.75 Å². The molecule has 2 aromatic rings. The van der Waals surface area contributed by atoms with Crippen LogP contribution in [0.2, 0.25) is 0 Å². The SMILES string of the molecule is CCOc1cccc2sc(N3CCCC(C(=O)NC4CC4)C3)nc12. The summed E-state index contributed by atoms with van der Waals surface area (Å²) in [4.78, 5) is 19.4. The molecule has 1 aromatic carbocycles. The van der Waals surface area contributed by atoms with E-state index in [0.29, 0.717) is 12.6 Å². The first-order valence-electron chi connectivity index (χ1n) is 8.82. The number of nitrogens with one attached hydrogen (secondary N) is 1. The lowest BCUT2D eigenvalue weighted by atomic mass is 9.97. The van der Waals surface area contributed by atoms with Crippen molar-refractivity contribution in [1.82, 2.24) is 10.3 Å². The third-order valence-electron chi connectivity index (χ3n) is 4.66. The van der Waals surface area contributed by atoms with E-state index in [1.165, 1.54) is 0 Å². The highest BCUT2D eigenvalue weighted by atomic mass is 32.1. The van der Waals surface area contributed by atoms with Gasteiger partial charge in [-0.05, 0) is 44.7 Å². The van der Waals surface area contributed by atoms with E-state index in [-0.39, 0.29) is 11.8 Å². The van der Waals surface area contributed by atoms with Crippen LogP contribution in [-0.4, -0.2) is 36.6 Å². The lowest BCUT2D eigenvalue weighted by molar-refractivity contribution is -0.125. The Bertz CT molecular complexity index is 741. The fourth-order valence-corrected chi connectivity index (χ4v) is 4.25. The maximum atomic E-state index is 12.4. The van der Waals surface area contributed by atoms with E-state index in [2.05, 4.69) is 16.3 Å². The van der Waals surface area contributed by atoms with Crippen LogP contribution in [-0.2, 0) is 4.79 Å². The number of para-hydroxylation sites is 1. The smallest absolute Gasteiger partial charge is 0.225 e. The monoisotopic (exact) mass is 345 g/mol. The summed E-state index contributed by atoms with van der Waals surface area (Å²) in [6.07, 6.45) is 4.29. The molecule has 1 N–H and O–H groups in total. The Balaban J connectivity index is 1.53. The van der Waals surface area contributed by atoms with Gasteiger partial charge in [0.1, 0.15) is 11.3 Å². The molecule has 0 radical (unpaired) electrons. The standard InChI is InChI=1S/C18H23N3O2S/c1-2-23-14-6-3-7-15-16(14)20-18(24-15)21-10-4-5-12(11-21)17(22)19-13-8-9-13/h3,6-7,12-13H,2,4-5,8-11H2,1H3,(H,19,22). The number of carbonyl (C=O) groups excluding carboxylic acids is 1. The number of ether oxygens (including phenoxy) is 1. The van der Waals surface area contributed by atoms with Crippen LogP contribution in [0.25, 0.3) is 10.2 Å². The van der Waals surface area contributed by atoms with Crippen molar-refractivity contribution in [3.05, 3.63) is 18.2 Å². The molecule has 0 bridgehead atoms. The molecule has 1 aliphatic carbocycles. The minimum Gasteiger partial charge on any atom is -0.492 e. The van der Waals surface area contributed by atoms with Gasteiger partial charge in [0.05, 0.1) is 17.2 Å². The summed E-state index contributed by atoms with van der Waals surface area (Å²) in [5.41, 5.74) is 0.934. The van der Waals surface area contributed by atoms with Crippen molar-refractivity contribution in [1.29, 1.82) is 0 Å². The molecule has 1 aliphatic heterocycles. The molecule has 2 heterocycles. The lowest BCUT2D eigenvalue weighted by Crippen LogP contribution is -2.43. The van der Waals surface area contributed by atoms with Gasteiger partial charge < -0.3 is 15.0 Å². The van der Waals surface area contributed by atoms with E-state index >= 15 is 0 Å². The number of amides is 1. The number of nitrogens with zero attached hydrogens (tertiary/aromatic N) is 2. The van der Waals surface area contributed by atoms with E-state index in [0.717, 1.165) is 59.9 Å². The van der Waals surface area contributed by atoms with Crippen molar-refractivity contribution in [3.8, 4) is 5.75 Å². The first kappa shape index (κ1) is 15.7. The molecule has 2 fully saturated rings. The summed E-state index contributed by atoms with van der Waals surface area (Å²) in [6, 6.07) is 6.50. The predicted molar refractivity (Wildman–Crippen MR) is 96.9 cm³/mol. The molecule has 5 nitrogen and oxygen atoms in total. The number of aromatic nitrogens is 1. The van der Waals surface area contributed by atoms with Crippen molar-refractivity contribution in [3.63, 3.8) is 0 Å². The van der Waals surface area contributed by atoms with Gasteiger partial charge in [-0.3, -0.25) is 4.79 Å². The highest BCUT2D eigenvalue weighted by molar-refractivity contribution is 7.22. The van der Waals surface area contributed by atoms with Crippen LogP contribution in [0.1, 0.15) is 32.6 Å². The van der Waals surface area contributed by atoms with Crippen LogP contribution in [0.3, 0.4) is 0 Å². The first-order chi connectivity index (χ1) is 11.7. The molecule has 1 saturated heterocycles. The Labute approximate surface area is 146 Å². The van der Waals surface area contributed by atoms with Gasteiger partial charge in [0, 0.05) is 19.1 Å². The Morgan fingerprint density at radius 2 is 2.29 bits per heavy atom. The van der Waals surface area contributed by atoms with Crippen LogP contribution in [0.4, 0.5) is 5.13 Å². The van der Waals surface area contributed by atoms with Gasteiger partial charge in [0.15, 0.2) is 5.13 Å². The zero-order valence-corrected chi connectivity index (χ0v) is 14.8. The van der Waals surface area contributed by atoms with Gasteiger partial charge in [-0.2, -0.15) is 0 Å².